The zero-order chi connectivity index (χ0) is 17.6. The van der Waals surface area contributed by atoms with Gasteiger partial charge in [-0.25, -0.2) is 0 Å². The van der Waals surface area contributed by atoms with E-state index in [4.69, 9.17) is 0 Å². The van der Waals surface area contributed by atoms with Crippen LogP contribution in [0.5, 0.6) is 0 Å². The van der Waals surface area contributed by atoms with Gasteiger partial charge in [-0.15, -0.1) is 5.10 Å². The topological polar surface area (TPSA) is 62.7 Å². The number of anilines is 3. The zero-order valence-electron chi connectivity index (χ0n) is 14.8. The van der Waals surface area contributed by atoms with Crippen molar-refractivity contribution in [2.45, 2.75) is 33.2 Å². The van der Waals surface area contributed by atoms with E-state index in [1.54, 1.807) is 6.20 Å². The minimum atomic E-state index is 0.478. The molecule has 0 saturated carbocycles. The summed E-state index contributed by atoms with van der Waals surface area (Å²) in [6.45, 7) is 7.13. The van der Waals surface area contributed by atoms with Gasteiger partial charge < -0.3 is 10.6 Å². The van der Waals surface area contributed by atoms with Gasteiger partial charge in [0.2, 0.25) is 5.95 Å². The van der Waals surface area contributed by atoms with Crippen LogP contribution in [0.15, 0.2) is 54.7 Å². The summed E-state index contributed by atoms with van der Waals surface area (Å²) >= 11 is 0. The standard InChI is InChI=1S/C20H23N5/c1-14(2)17-8-10-18(11-9-17)23-20-24-19(13-22-25-20)21-12-16-6-4-15(3)5-7-16/h4-11,13-14H,12H2,1-3H3,(H2,21,23,24,25). The Hall–Kier alpha value is -2.95. The molecule has 2 aromatic carbocycles. The van der Waals surface area contributed by atoms with Crippen LogP contribution in [-0.4, -0.2) is 15.2 Å². The van der Waals surface area contributed by atoms with E-state index in [1.165, 1.54) is 16.7 Å². The number of rotatable bonds is 6. The van der Waals surface area contributed by atoms with Crippen LogP contribution < -0.4 is 10.6 Å². The summed E-state index contributed by atoms with van der Waals surface area (Å²) in [5, 5.41) is 14.5. The fraction of sp³-hybridized carbons (Fsp3) is 0.250. The summed E-state index contributed by atoms with van der Waals surface area (Å²) < 4.78 is 0. The van der Waals surface area contributed by atoms with Gasteiger partial charge >= 0.3 is 0 Å². The molecule has 0 radical (unpaired) electrons. The normalized spacial score (nSPS) is 10.7. The van der Waals surface area contributed by atoms with E-state index in [0.717, 1.165) is 5.69 Å². The first-order valence-electron chi connectivity index (χ1n) is 8.46. The molecule has 0 fully saturated rings. The Bertz CT molecular complexity index is 810. The van der Waals surface area contributed by atoms with Gasteiger partial charge in [0.15, 0.2) is 5.82 Å². The molecule has 3 aromatic rings. The van der Waals surface area contributed by atoms with Crippen molar-refractivity contribution in [1.29, 1.82) is 0 Å². The highest BCUT2D eigenvalue weighted by molar-refractivity contribution is 5.54. The number of hydrogen-bond donors (Lipinski definition) is 2. The lowest BCUT2D eigenvalue weighted by molar-refractivity contribution is 0.867. The maximum atomic E-state index is 4.46. The van der Waals surface area contributed by atoms with Gasteiger partial charge in [-0.1, -0.05) is 55.8 Å². The van der Waals surface area contributed by atoms with Crippen molar-refractivity contribution in [1.82, 2.24) is 15.2 Å². The molecule has 0 aliphatic rings. The lowest BCUT2D eigenvalue weighted by atomic mass is 10.0. The smallest absolute Gasteiger partial charge is 0.249 e. The maximum absolute atomic E-state index is 4.46. The molecule has 0 atom stereocenters. The van der Waals surface area contributed by atoms with Crippen molar-refractivity contribution in [2.75, 3.05) is 10.6 Å². The minimum absolute atomic E-state index is 0.478. The Balaban J connectivity index is 1.63. The molecule has 5 heteroatoms. The predicted octanol–water partition coefficient (Wildman–Crippen LogP) is 4.66. The maximum Gasteiger partial charge on any atom is 0.249 e. The van der Waals surface area contributed by atoms with E-state index in [1.807, 2.05) is 12.1 Å². The van der Waals surface area contributed by atoms with Crippen molar-refractivity contribution in [3.63, 3.8) is 0 Å². The second-order valence-corrected chi connectivity index (χ2v) is 6.41. The lowest BCUT2D eigenvalue weighted by Crippen LogP contribution is -2.05. The van der Waals surface area contributed by atoms with Crippen molar-refractivity contribution in [2.24, 2.45) is 0 Å². The lowest BCUT2D eigenvalue weighted by Gasteiger charge is -2.09. The molecule has 5 nitrogen and oxygen atoms in total. The first-order chi connectivity index (χ1) is 12.1. The third kappa shape index (κ3) is 4.76. The van der Waals surface area contributed by atoms with Gasteiger partial charge in [0.05, 0.1) is 6.20 Å². The van der Waals surface area contributed by atoms with Crippen molar-refractivity contribution < 1.29 is 0 Å². The molecular formula is C20H23N5. The molecule has 0 unspecified atom stereocenters. The van der Waals surface area contributed by atoms with Crippen molar-refractivity contribution in [3.05, 3.63) is 71.4 Å². The number of nitrogens with zero attached hydrogens (tertiary/aromatic N) is 3. The quantitative estimate of drug-likeness (QED) is 0.687. The van der Waals surface area contributed by atoms with E-state index in [9.17, 15) is 0 Å². The fourth-order valence-electron chi connectivity index (χ4n) is 2.42. The minimum Gasteiger partial charge on any atom is -0.365 e. The summed E-state index contributed by atoms with van der Waals surface area (Å²) in [4.78, 5) is 4.46. The molecule has 3 rings (SSSR count). The van der Waals surface area contributed by atoms with E-state index >= 15 is 0 Å². The second-order valence-electron chi connectivity index (χ2n) is 6.41. The van der Waals surface area contributed by atoms with Gasteiger partial charge in [0, 0.05) is 12.2 Å². The summed E-state index contributed by atoms with van der Waals surface area (Å²) in [7, 11) is 0. The third-order valence-electron chi connectivity index (χ3n) is 3.99. The summed E-state index contributed by atoms with van der Waals surface area (Å²) in [6.07, 6.45) is 1.63. The molecular weight excluding hydrogens is 310 g/mol. The molecule has 0 amide bonds. The Morgan fingerprint density at radius 1 is 0.960 bits per heavy atom. The molecule has 1 aromatic heterocycles. The first kappa shape index (κ1) is 16.9. The predicted molar refractivity (Wildman–Crippen MR) is 102 cm³/mol. The van der Waals surface area contributed by atoms with Crippen LogP contribution in [0.3, 0.4) is 0 Å². The Morgan fingerprint density at radius 2 is 1.68 bits per heavy atom. The van der Waals surface area contributed by atoms with Crippen LogP contribution >= 0.6 is 0 Å². The molecule has 128 valence electrons. The van der Waals surface area contributed by atoms with Gasteiger partial charge in [-0.05, 0) is 36.1 Å². The van der Waals surface area contributed by atoms with Crippen LogP contribution in [0, 0.1) is 6.92 Å². The average molecular weight is 333 g/mol. The van der Waals surface area contributed by atoms with Crippen molar-refractivity contribution in [3.8, 4) is 0 Å². The molecule has 25 heavy (non-hydrogen) atoms. The number of aryl methyl sites for hydroxylation is 1. The zero-order valence-corrected chi connectivity index (χ0v) is 14.8. The van der Waals surface area contributed by atoms with Crippen LogP contribution in [0.25, 0.3) is 0 Å². The molecule has 0 aliphatic carbocycles. The number of aromatic nitrogens is 3. The van der Waals surface area contributed by atoms with Crippen LogP contribution in [0.4, 0.5) is 17.5 Å². The van der Waals surface area contributed by atoms with Gasteiger partial charge in [-0.2, -0.15) is 10.1 Å². The number of hydrogen-bond acceptors (Lipinski definition) is 5. The highest BCUT2D eigenvalue weighted by Gasteiger charge is 2.03. The monoisotopic (exact) mass is 333 g/mol. The summed E-state index contributed by atoms with van der Waals surface area (Å²) in [6, 6.07) is 16.7. The number of nitrogens with one attached hydrogen (secondary N) is 2. The summed E-state index contributed by atoms with van der Waals surface area (Å²) in [5.74, 6) is 1.68. The molecule has 0 saturated heterocycles. The third-order valence-corrected chi connectivity index (χ3v) is 3.99. The van der Waals surface area contributed by atoms with E-state index in [-0.39, 0.29) is 0 Å². The van der Waals surface area contributed by atoms with Crippen LogP contribution in [-0.2, 0) is 6.54 Å². The van der Waals surface area contributed by atoms with Gasteiger partial charge in [0.25, 0.3) is 0 Å². The highest BCUT2D eigenvalue weighted by Crippen LogP contribution is 2.19. The van der Waals surface area contributed by atoms with Gasteiger partial charge in [-0.3, -0.25) is 0 Å². The van der Waals surface area contributed by atoms with Gasteiger partial charge in [0.1, 0.15) is 0 Å². The summed E-state index contributed by atoms with van der Waals surface area (Å²) in [5.41, 5.74) is 4.70. The molecule has 2 N–H and O–H groups in total. The number of benzene rings is 2. The highest BCUT2D eigenvalue weighted by atomic mass is 15.3. The van der Waals surface area contributed by atoms with E-state index in [0.29, 0.717) is 24.2 Å². The Kier molecular flexibility index (Phi) is 5.23. The second kappa shape index (κ2) is 7.75. The van der Waals surface area contributed by atoms with E-state index < -0.39 is 0 Å². The molecule has 0 aliphatic heterocycles. The van der Waals surface area contributed by atoms with Crippen molar-refractivity contribution >= 4 is 17.5 Å². The molecule has 1 heterocycles. The Morgan fingerprint density at radius 3 is 2.36 bits per heavy atom. The largest absolute Gasteiger partial charge is 0.365 e. The average Bonchev–Trinajstić information content (AvgIpc) is 2.62. The molecule has 0 spiro atoms. The SMILES string of the molecule is Cc1ccc(CNc2cnnc(Nc3ccc(C(C)C)cc3)n2)cc1. The molecule has 0 bridgehead atoms. The van der Waals surface area contributed by atoms with E-state index in [2.05, 4.69) is 83.0 Å². The first-order valence-corrected chi connectivity index (χ1v) is 8.46. The van der Waals surface area contributed by atoms with Crippen LogP contribution in [0.2, 0.25) is 0 Å². The van der Waals surface area contributed by atoms with Crippen LogP contribution in [0.1, 0.15) is 36.5 Å². The fourth-order valence-corrected chi connectivity index (χ4v) is 2.42. The Labute approximate surface area is 148 Å².